The first-order valence-corrected chi connectivity index (χ1v) is 6.79. The van der Waals surface area contributed by atoms with Crippen molar-refractivity contribution in [2.75, 3.05) is 5.32 Å². The van der Waals surface area contributed by atoms with E-state index in [1.165, 1.54) is 0 Å². The highest BCUT2D eigenvalue weighted by Crippen LogP contribution is 2.16. The zero-order valence-corrected chi connectivity index (χ0v) is 12.0. The van der Waals surface area contributed by atoms with Crippen LogP contribution in [0.4, 0.5) is 5.69 Å². The van der Waals surface area contributed by atoms with Gasteiger partial charge in [-0.05, 0) is 52.3 Å². The van der Waals surface area contributed by atoms with Gasteiger partial charge in [-0.2, -0.15) is 0 Å². The lowest BCUT2D eigenvalue weighted by Gasteiger charge is -2.05. The van der Waals surface area contributed by atoms with Gasteiger partial charge in [0.05, 0.1) is 17.4 Å². The number of aromatic nitrogens is 2. The summed E-state index contributed by atoms with van der Waals surface area (Å²) in [5.41, 5.74) is 2.12. The fourth-order valence-corrected chi connectivity index (χ4v) is 2.10. The Bertz CT molecular complexity index is 771. The summed E-state index contributed by atoms with van der Waals surface area (Å²) < 4.78 is 0.729. The van der Waals surface area contributed by atoms with Crippen LogP contribution in [0, 0.1) is 0 Å². The van der Waals surface area contributed by atoms with E-state index in [1.54, 1.807) is 30.6 Å². The molecule has 98 valence electrons. The SMILES string of the molecule is O=C(Nc1ccc(Br)nc1)c1ccc2ncccc2c1. The molecule has 2 aromatic heterocycles. The Balaban J connectivity index is 1.86. The fourth-order valence-electron chi connectivity index (χ4n) is 1.87. The number of benzene rings is 1. The summed E-state index contributed by atoms with van der Waals surface area (Å²) in [6, 6.07) is 12.8. The zero-order valence-electron chi connectivity index (χ0n) is 10.4. The number of fused-ring (bicyclic) bond motifs is 1. The summed E-state index contributed by atoms with van der Waals surface area (Å²) in [7, 11) is 0. The molecule has 0 aliphatic heterocycles. The molecule has 0 spiro atoms. The van der Waals surface area contributed by atoms with Crippen LogP contribution in [0.5, 0.6) is 0 Å². The van der Waals surface area contributed by atoms with E-state index >= 15 is 0 Å². The van der Waals surface area contributed by atoms with E-state index in [0.717, 1.165) is 15.5 Å². The molecular weight excluding hydrogens is 318 g/mol. The number of hydrogen-bond donors (Lipinski definition) is 1. The van der Waals surface area contributed by atoms with Gasteiger partial charge in [0.1, 0.15) is 4.60 Å². The maximum atomic E-state index is 12.2. The number of carbonyl (C=O) groups is 1. The Morgan fingerprint density at radius 2 is 2.00 bits per heavy atom. The number of rotatable bonds is 2. The molecular formula is C15H10BrN3O. The summed E-state index contributed by atoms with van der Waals surface area (Å²) in [4.78, 5) is 20.5. The Morgan fingerprint density at radius 3 is 2.80 bits per heavy atom. The average molecular weight is 328 g/mol. The predicted molar refractivity (Wildman–Crippen MR) is 81.6 cm³/mol. The molecule has 0 unspecified atom stereocenters. The van der Waals surface area contributed by atoms with Crippen molar-refractivity contribution in [1.82, 2.24) is 9.97 Å². The normalized spacial score (nSPS) is 10.4. The van der Waals surface area contributed by atoms with Crippen molar-refractivity contribution in [3.8, 4) is 0 Å². The fraction of sp³-hybridized carbons (Fsp3) is 0. The zero-order chi connectivity index (χ0) is 13.9. The van der Waals surface area contributed by atoms with Crippen molar-refractivity contribution < 1.29 is 4.79 Å². The summed E-state index contributed by atoms with van der Waals surface area (Å²) in [5.74, 6) is -0.167. The Hall–Kier alpha value is -2.27. The summed E-state index contributed by atoms with van der Waals surface area (Å²) in [6.45, 7) is 0. The quantitative estimate of drug-likeness (QED) is 0.731. The lowest BCUT2D eigenvalue weighted by atomic mass is 10.1. The number of pyridine rings is 2. The van der Waals surface area contributed by atoms with Crippen LogP contribution in [0.25, 0.3) is 10.9 Å². The first-order valence-electron chi connectivity index (χ1n) is 6.00. The van der Waals surface area contributed by atoms with Crippen LogP contribution in [0.15, 0.2) is 59.5 Å². The molecule has 4 nitrogen and oxygen atoms in total. The Labute approximate surface area is 124 Å². The second-order valence-electron chi connectivity index (χ2n) is 4.23. The first kappa shape index (κ1) is 12.7. The van der Waals surface area contributed by atoms with Gasteiger partial charge in [0.25, 0.3) is 5.91 Å². The molecule has 0 aliphatic rings. The molecule has 2 heterocycles. The molecule has 0 saturated heterocycles. The minimum atomic E-state index is -0.167. The number of anilines is 1. The minimum Gasteiger partial charge on any atom is -0.321 e. The minimum absolute atomic E-state index is 0.167. The Kier molecular flexibility index (Phi) is 3.43. The summed E-state index contributed by atoms with van der Waals surface area (Å²) in [5, 5.41) is 3.75. The smallest absolute Gasteiger partial charge is 0.255 e. The number of hydrogen-bond acceptors (Lipinski definition) is 3. The average Bonchev–Trinajstić information content (AvgIpc) is 2.49. The molecule has 20 heavy (non-hydrogen) atoms. The number of halogens is 1. The molecule has 0 aliphatic carbocycles. The van der Waals surface area contributed by atoms with E-state index in [9.17, 15) is 4.79 Å². The van der Waals surface area contributed by atoms with Crippen LogP contribution >= 0.6 is 15.9 Å². The van der Waals surface area contributed by atoms with Crippen molar-refractivity contribution in [3.63, 3.8) is 0 Å². The van der Waals surface area contributed by atoms with Gasteiger partial charge in [0.2, 0.25) is 0 Å². The predicted octanol–water partition coefficient (Wildman–Crippen LogP) is 3.64. The monoisotopic (exact) mass is 327 g/mol. The lowest BCUT2D eigenvalue weighted by molar-refractivity contribution is 0.102. The lowest BCUT2D eigenvalue weighted by Crippen LogP contribution is -2.11. The van der Waals surface area contributed by atoms with Crippen molar-refractivity contribution in [2.45, 2.75) is 0 Å². The van der Waals surface area contributed by atoms with E-state index in [0.29, 0.717) is 11.3 Å². The van der Waals surface area contributed by atoms with Crippen LogP contribution in [-0.4, -0.2) is 15.9 Å². The third-order valence-corrected chi connectivity index (χ3v) is 3.32. The van der Waals surface area contributed by atoms with E-state index in [-0.39, 0.29) is 5.91 Å². The second-order valence-corrected chi connectivity index (χ2v) is 5.05. The highest BCUT2D eigenvalue weighted by Gasteiger charge is 2.07. The highest BCUT2D eigenvalue weighted by atomic mass is 79.9. The topological polar surface area (TPSA) is 54.9 Å². The van der Waals surface area contributed by atoms with Crippen LogP contribution in [0.1, 0.15) is 10.4 Å². The molecule has 5 heteroatoms. The van der Waals surface area contributed by atoms with Gasteiger partial charge in [0, 0.05) is 17.1 Å². The number of nitrogens with one attached hydrogen (secondary N) is 1. The van der Waals surface area contributed by atoms with E-state index in [4.69, 9.17) is 0 Å². The number of carbonyl (C=O) groups excluding carboxylic acids is 1. The van der Waals surface area contributed by atoms with Gasteiger partial charge in [-0.1, -0.05) is 6.07 Å². The molecule has 1 amide bonds. The van der Waals surface area contributed by atoms with Crippen LogP contribution in [-0.2, 0) is 0 Å². The Morgan fingerprint density at radius 1 is 1.10 bits per heavy atom. The molecule has 0 fully saturated rings. The largest absolute Gasteiger partial charge is 0.321 e. The van der Waals surface area contributed by atoms with Crippen molar-refractivity contribution in [2.24, 2.45) is 0 Å². The van der Waals surface area contributed by atoms with Gasteiger partial charge in [0.15, 0.2) is 0 Å². The number of nitrogens with zero attached hydrogens (tertiary/aromatic N) is 2. The molecule has 1 aromatic carbocycles. The maximum absolute atomic E-state index is 12.2. The molecule has 3 rings (SSSR count). The second kappa shape index (κ2) is 5.38. The van der Waals surface area contributed by atoms with Gasteiger partial charge in [-0.3, -0.25) is 9.78 Å². The van der Waals surface area contributed by atoms with Crippen LogP contribution in [0.2, 0.25) is 0 Å². The third-order valence-electron chi connectivity index (χ3n) is 2.85. The third kappa shape index (κ3) is 2.67. The van der Waals surface area contributed by atoms with Gasteiger partial charge >= 0.3 is 0 Å². The van der Waals surface area contributed by atoms with Gasteiger partial charge in [-0.25, -0.2) is 4.98 Å². The van der Waals surface area contributed by atoms with Crippen LogP contribution < -0.4 is 5.32 Å². The van der Waals surface area contributed by atoms with Crippen molar-refractivity contribution in [1.29, 1.82) is 0 Å². The summed E-state index contributed by atoms with van der Waals surface area (Å²) in [6.07, 6.45) is 3.33. The van der Waals surface area contributed by atoms with Crippen molar-refractivity contribution in [3.05, 3.63) is 65.0 Å². The van der Waals surface area contributed by atoms with E-state index < -0.39 is 0 Å². The first-order chi connectivity index (χ1) is 9.72. The highest BCUT2D eigenvalue weighted by molar-refractivity contribution is 9.10. The standard InChI is InChI=1S/C15H10BrN3O/c16-14-6-4-12(9-18-14)19-15(20)11-3-5-13-10(8-11)2-1-7-17-13/h1-9H,(H,19,20). The molecule has 0 atom stereocenters. The molecule has 0 saturated carbocycles. The number of amides is 1. The van der Waals surface area contributed by atoms with Gasteiger partial charge in [-0.15, -0.1) is 0 Å². The van der Waals surface area contributed by atoms with Gasteiger partial charge < -0.3 is 5.32 Å². The van der Waals surface area contributed by atoms with Crippen molar-refractivity contribution >= 4 is 38.4 Å². The molecule has 0 bridgehead atoms. The maximum Gasteiger partial charge on any atom is 0.255 e. The molecule has 3 aromatic rings. The van der Waals surface area contributed by atoms with E-state index in [1.807, 2.05) is 24.3 Å². The summed E-state index contributed by atoms with van der Waals surface area (Å²) >= 11 is 3.25. The molecule has 1 N–H and O–H groups in total. The van der Waals surface area contributed by atoms with Crippen LogP contribution in [0.3, 0.4) is 0 Å². The van der Waals surface area contributed by atoms with E-state index in [2.05, 4.69) is 31.2 Å². The molecule has 0 radical (unpaired) electrons.